The van der Waals surface area contributed by atoms with Crippen LogP contribution in [0.25, 0.3) is 0 Å². The fourth-order valence-electron chi connectivity index (χ4n) is 2.52. The van der Waals surface area contributed by atoms with E-state index in [4.69, 9.17) is 4.74 Å². The Morgan fingerprint density at radius 1 is 1.19 bits per heavy atom. The Labute approximate surface area is 125 Å². The molecule has 2 rings (SSSR count). The van der Waals surface area contributed by atoms with E-state index < -0.39 is 0 Å². The van der Waals surface area contributed by atoms with Gasteiger partial charge in [-0.25, -0.2) is 4.79 Å². The lowest BCUT2D eigenvalue weighted by Crippen LogP contribution is -2.38. The Hall–Kier alpha value is -1.98. The number of nitrogens with zero attached hydrogens (tertiary/aromatic N) is 3. The van der Waals surface area contributed by atoms with Crippen molar-refractivity contribution in [2.75, 3.05) is 32.8 Å². The van der Waals surface area contributed by atoms with Crippen LogP contribution >= 0.6 is 0 Å². The lowest BCUT2D eigenvalue weighted by molar-refractivity contribution is -0.130. The second-order valence-electron chi connectivity index (χ2n) is 5.28. The molecule has 0 saturated carbocycles. The van der Waals surface area contributed by atoms with Crippen molar-refractivity contribution in [3.05, 3.63) is 24.0 Å². The summed E-state index contributed by atoms with van der Waals surface area (Å²) in [6, 6.07) is 1.96. The fourth-order valence-corrected chi connectivity index (χ4v) is 2.52. The third-order valence-corrected chi connectivity index (χ3v) is 3.62. The van der Waals surface area contributed by atoms with Gasteiger partial charge < -0.3 is 19.1 Å². The molecule has 116 valence electrons. The zero-order valence-electron chi connectivity index (χ0n) is 12.7. The molecule has 2 heterocycles. The van der Waals surface area contributed by atoms with E-state index in [9.17, 15) is 9.59 Å². The Kier molecular flexibility index (Phi) is 5.25. The average Bonchev–Trinajstić information content (AvgIpc) is 2.73. The Balaban J connectivity index is 1.87. The molecule has 0 unspecified atom stereocenters. The highest BCUT2D eigenvalue weighted by Crippen LogP contribution is 2.09. The van der Waals surface area contributed by atoms with Crippen molar-refractivity contribution in [3.63, 3.8) is 0 Å². The van der Waals surface area contributed by atoms with Gasteiger partial charge >= 0.3 is 6.09 Å². The minimum atomic E-state index is -0.283. The van der Waals surface area contributed by atoms with Crippen LogP contribution in [0.2, 0.25) is 0 Å². The monoisotopic (exact) mass is 293 g/mol. The molecule has 1 fully saturated rings. The van der Waals surface area contributed by atoms with Gasteiger partial charge in [0.15, 0.2) is 0 Å². The van der Waals surface area contributed by atoms with Gasteiger partial charge in [-0.05, 0) is 25.0 Å². The number of carbonyl (C=O) groups is 2. The molecule has 0 aliphatic carbocycles. The molecule has 6 nitrogen and oxygen atoms in total. The zero-order chi connectivity index (χ0) is 15.2. The highest BCUT2D eigenvalue weighted by molar-refractivity contribution is 5.79. The van der Waals surface area contributed by atoms with Gasteiger partial charge in [-0.1, -0.05) is 0 Å². The molecule has 0 spiro atoms. The van der Waals surface area contributed by atoms with Gasteiger partial charge in [0.05, 0.1) is 13.0 Å². The SMILES string of the molecule is CCOC(=O)N1CCCN(C(=O)Cc2ccn(C)c2)CC1. The van der Waals surface area contributed by atoms with Crippen molar-refractivity contribution in [2.24, 2.45) is 7.05 Å². The summed E-state index contributed by atoms with van der Waals surface area (Å²) in [5.74, 6) is 0.118. The molecule has 21 heavy (non-hydrogen) atoms. The first-order chi connectivity index (χ1) is 10.1. The van der Waals surface area contributed by atoms with Crippen molar-refractivity contribution in [2.45, 2.75) is 19.8 Å². The van der Waals surface area contributed by atoms with Crippen LogP contribution in [0.15, 0.2) is 18.5 Å². The summed E-state index contributed by atoms with van der Waals surface area (Å²) >= 11 is 0. The normalized spacial score (nSPS) is 15.7. The molecule has 0 radical (unpaired) electrons. The average molecular weight is 293 g/mol. The van der Waals surface area contributed by atoms with Gasteiger partial charge in [0, 0.05) is 45.6 Å². The molecule has 0 atom stereocenters. The number of aromatic nitrogens is 1. The number of ether oxygens (including phenoxy) is 1. The topological polar surface area (TPSA) is 54.8 Å². The van der Waals surface area contributed by atoms with Gasteiger partial charge in [0.25, 0.3) is 0 Å². The van der Waals surface area contributed by atoms with Gasteiger partial charge in [-0.15, -0.1) is 0 Å². The molecule has 0 aromatic carbocycles. The zero-order valence-corrected chi connectivity index (χ0v) is 12.7. The van der Waals surface area contributed by atoms with Gasteiger partial charge in [0.2, 0.25) is 5.91 Å². The third-order valence-electron chi connectivity index (χ3n) is 3.62. The molecule has 1 aromatic heterocycles. The molecule has 1 aliphatic heterocycles. The smallest absolute Gasteiger partial charge is 0.409 e. The molecule has 1 aliphatic rings. The second kappa shape index (κ2) is 7.15. The third kappa shape index (κ3) is 4.24. The summed E-state index contributed by atoms with van der Waals surface area (Å²) in [6.45, 7) is 4.64. The van der Waals surface area contributed by atoms with Crippen molar-refractivity contribution in [3.8, 4) is 0 Å². The molecule has 0 N–H and O–H groups in total. The molecule has 1 aromatic rings. The molecule has 1 saturated heterocycles. The van der Waals surface area contributed by atoms with Crippen LogP contribution in [-0.2, 0) is 23.0 Å². The first kappa shape index (κ1) is 15.4. The van der Waals surface area contributed by atoms with E-state index >= 15 is 0 Å². The van der Waals surface area contributed by atoms with Crippen molar-refractivity contribution >= 4 is 12.0 Å². The van der Waals surface area contributed by atoms with Gasteiger partial charge in [-0.3, -0.25) is 4.79 Å². The van der Waals surface area contributed by atoms with Crippen LogP contribution in [0.5, 0.6) is 0 Å². The molecule has 0 bridgehead atoms. The van der Waals surface area contributed by atoms with E-state index in [0.717, 1.165) is 12.0 Å². The largest absolute Gasteiger partial charge is 0.450 e. The first-order valence-corrected chi connectivity index (χ1v) is 7.40. The number of hydrogen-bond donors (Lipinski definition) is 0. The predicted octanol–water partition coefficient (Wildman–Crippen LogP) is 1.26. The van der Waals surface area contributed by atoms with Gasteiger partial charge in [0.1, 0.15) is 0 Å². The summed E-state index contributed by atoms with van der Waals surface area (Å²) < 4.78 is 6.95. The lowest BCUT2D eigenvalue weighted by atomic mass is 10.2. The summed E-state index contributed by atoms with van der Waals surface area (Å²) in [5, 5.41) is 0. The maximum Gasteiger partial charge on any atom is 0.409 e. The molecule has 6 heteroatoms. The molecular formula is C15H23N3O3. The summed E-state index contributed by atoms with van der Waals surface area (Å²) in [5.41, 5.74) is 1.02. The molecule has 2 amide bonds. The predicted molar refractivity (Wildman–Crippen MR) is 78.9 cm³/mol. The number of amides is 2. The van der Waals surface area contributed by atoms with E-state index in [2.05, 4.69) is 0 Å². The lowest BCUT2D eigenvalue weighted by Gasteiger charge is -2.21. The summed E-state index contributed by atoms with van der Waals surface area (Å²) in [7, 11) is 1.94. The van der Waals surface area contributed by atoms with Crippen molar-refractivity contribution in [1.82, 2.24) is 14.4 Å². The first-order valence-electron chi connectivity index (χ1n) is 7.40. The van der Waals surface area contributed by atoms with Crippen LogP contribution in [-0.4, -0.2) is 59.2 Å². The van der Waals surface area contributed by atoms with E-state index in [1.165, 1.54) is 0 Å². The highest BCUT2D eigenvalue weighted by atomic mass is 16.6. The fraction of sp³-hybridized carbons (Fsp3) is 0.600. The summed E-state index contributed by atoms with van der Waals surface area (Å²) in [6.07, 6.45) is 4.82. The Bertz CT molecular complexity index is 498. The van der Waals surface area contributed by atoms with Crippen molar-refractivity contribution < 1.29 is 14.3 Å². The van der Waals surface area contributed by atoms with Gasteiger partial charge in [-0.2, -0.15) is 0 Å². The maximum atomic E-state index is 12.3. The van der Waals surface area contributed by atoms with Crippen LogP contribution in [0, 0.1) is 0 Å². The van der Waals surface area contributed by atoms with Crippen LogP contribution in [0.1, 0.15) is 18.9 Å². The minimum Gasteiger partial charge on any atom is -0.450 e. The van der Waals surface area contributed by atoms with Crippen molar-refractivity contribution in [1.29, 1.82) is 0 Å². The van der Waals surface area contributed by atoms with Crippen LogP contribution < -0.4 is 0 Å². The highest BCUT2D eigenvalue weighted by Gasteiger charge is 2.22. The summed E-state index contributed by atoms with van der Waals surface area (Å²) in [4.78, 5) is 27.6. The van der Waals surface area contributed by atoms with Crippen LogP contribution in [0.3, 0.4) is 0 Å². The number of hydrogen-bond acceptors (Lipinski definition) is 3. The van der Waals surface area contributed by atoms with E-state index in [-0.39, 0.29) is 12.0 Å². The number of rotatable bonds is 3. The van der Waals surface area contributed by atoms with Crippen LogP contribution in [0.4, 0.5) is 4.79 Å². The number of carbonyl (C=O) groups excluding carboxylic acids is 2. The molecular weight excluding hydrogens is 270 g/mol. The van der Waals surface area contributed by atoms with E-state index in [0.29, 0.717) is 39.2 Å². The number of aryl methyl sites for hydroxylation is 1. The van der Waals surface area contributed by atoms with E-state index in [1.54, 1.807) is 11.8 Å². The Morgan fingerprint density at radius 3 is 2.57 bits per heavy atom. The quantitative estimate of drug-likeness (QED) is 0.843. The maximum absolute atomic E-state index is 12.3. The Morgan fingerprint density at radius 2 is 1.90 bits per heavy atom. The standard InChI is InChI=1S/C15H23N3O3/c1-3-21-15(20)18-7-4-6-17(9-10-18)14(19)11-13-5-8-16(2)12-13/h5,8,12H,3-4,6-7,9-11H2,1-2H3. The van der Waals surface area contributed by atoms with E-state index in [1.807, 2.05) is 35.0 Å². The minimum absolute atomic E-state index is 0.118. The second-order valence-corrected chi connectivity index (χ2v) is 5.28.